The monoisotopic (exact) mass is 257 g/mol. The molecule has 0 spiro atoms. The summed E-state index contributed by atoms with van der Waals surface area (Å²) in [6.07, 6.45) is 1.16. The minimum Gasteiger partial charge on any atom is -0.507 e. The molecule has 2 heterocycles. The van der Waals surface area contributed by atoms with E-state index in [4.69, 9.17) is 0 Å². The lowest BCUT2D eigenvalue weighted by molar-refractivity contribution is 0.477. The highest BCUT2D eigenvalue weighted by atomic mass is 19.1. The number of hydrogen-bond donors (Lipinski definition) is 1. The van der Waals surface area contributed by atoms with E-state index in [2.05, 4.69) is 10.1 Å². The standard InChI is InChI=1S/C14H12FN3O/c1-2-18-11-7-9(15)8-16-14(11)13(17-18)10-5-3-4-6-12(10)19/h3-8,19H,2H2,1H3. The molecule has 0 fully saturated rings. The molecule has 1 aromatic carbocycles. The first-order valence-electron chi connectivity index (χ1n) is 6.01. The Morgan fingerprint density at radius 2 is 2.11 bits per heavy atom. The number of phenols is 1. The van der Waals surface area contributed by atoms with Gasteiger partial charge in [-0.2, -0.15) is 5.10 Å². The van der Waals surface area contributed by atoms with Crippen LogP contribution in [0.15, 0.2) is 36.5 Å². The molecule has 3 rings (SSSR count). The number of halogens is 1. The first-order valence-corrected chi connectivity index (χ1v) is 6.01. The fourth-order valence-corrected chi connectivity index (χ4v) is 2.13. The molecule has 0 aliphatic rings. The summed E-state index contributed by atoms with van der Waals surface area (Å²) < 4.78 is 15.0. The van der Waals surface area contributed by atoms with E-state index < -0.39 is 5.82 Å². The number of rotatable bonds is 2. The van der Waals surface area contributed by atoms with E-state index >= 15 is 0 Å². The number of aromatic hydroxyl groups is 1. The Morgan fingerprint density at radius 1 is 1.32 bits per heavy atom. The molecule has 0 aliphatic heterocycles. The van der Waals surface area contributed by atoms with E-state index in [0.717, 1.165) is 6.20 Å². The molecule has 0 amide bonds. The van der Waals surface area contributed by atoms with Crippen LogP contribution in [-0.4, -0.2) is 19.9 Å². The Bertz CT molecular complexity index is 752. The van der Waals surface area contributed by atoms with Gasteiger partial charge in [-0.15, -0.1) is 0 Å². The molecule has 5 heteroatoms. The molecule has 4 nitrogen and oxygen atoms in total. The number of benzene rings is 1. The van der Waals surface area contributed by atoms with Crippen LogP contribution in [0.25, 0.3) is 22.3 Å². The van der Waals surface area contributed by atoms with E-state index in [1.54, 1.807) is 22.9 Å². The van der Waals surface area contributed by atoms with Gasteiger partial charge in [-0.25, -0.2) is 9.37 Å². The van der Waals surface area contributed by atoms with Crippen LogP contribution in [0.4, 0.5) is 4.39 Å². The molecule has 0 saturated heterocycles. The number of aromatic nitrogens is 3. The van der Waals surface area contributed by atoms with Gasteiger partial charge < -0.3 is 5.11 Å². The van der Waals surface area contributed by atoms with Gasteiger partial charge in [0.15, 0.2) is 0 Å². The molecule has 0 aliphatic carbocycles. The highest BCUT2D eigenvalue weighted by molar-refractivity contribution is 5.91. The number of fused-ring (bicyclic) bond motifs is 1. The molecule has 96 valence electrons. The van der Waals surface area contributed by atoms with Crippen molar-refractivity contribution < 1.29 is 9.50 Å². The van der Waals surface area contributed by atoms with Crippen LogP contribution >= 0.6 is 0 Å². The van der Waals surface area contributed by atoms with E-state index in [1.165, 1.54) is 6.07 Å². The fourth-order valence-electron chi connectivity index (χ4n) is 2.13. The lowest BCUT2D eigenvalue weighted by Gasteiger charge is -2.00. The third-order valence-electron chi connectivity index (χ3n) is 3.02. The predicted molar refractivity (Wildman–Crippen MR) is 70.3 cm³/mol. The Hall–Kier alpha value is -2.43. The average Bonchev–Trinajstić information content (AvgIpc) is 2.77. The summed E-state index contributed by atoms with van der Waals surface area (Å²) in [5.74, 6) is -0.262. The Morgan fingerprint density at radius 3 is 2.84 bits per heavy atom. The third-order valence-corrected chi connectivity index (χ3v) is 3.02. The minimum absolute atomic E-state index is 0.135. The quantitative estimate of drug-likeness (QED) is 0.767. The van der Waals surface area contributed by atoms with Gasteiger partial charge >= 0.3 is 0 Å². The van der Waals surface area contributed by atoms with Gasteiger partial charge in [0, 0.05) is 18.2 Å². The SMILES string of the molecule is CCn1nc(-c2ccccc2O)c2ncc(F)cc21. The average molecular weight is 257 g/mol. The number of nitrogens with zero attached hydrogens (tertiary/aromatic N) is 3. The third kappa shape index (κ3) is 1.83. The van der Waals surface area contributed by atoms with E-state index in [0.29, 0.717) is 28.8 Å². The van der Waals surface area contributed by atoms with Crippen molar-refractivity contribution in [2.24, 2.45) is 0 Å². The maximum atomic E-state index is 13.3. The molecule has 1 N–H and O–H groups in total. The van der Waals surface area contributed by atoms with Gasteiger partial charge in [0.25, 0.3) is 0 Å². The summed E-state index contributed by atoms with van der Waals surface area (Å²) in [6.45, 7) is 2.53. The van der Waals surface area contributed by atoms with Crippen LogP contribution in [0.5, 0.6) is 5.75 Å². The summed E-state index contributed by atoms with van der Waals surface area (Å²) >= 11 is 0. The molecule has 0 unspecified atom stereocenters. The number of pyridine rings is 1. The molecular formula is C14H12FN3O. The second-order valence-corrected chi connectivity index (χ2v) is 4.20. The zero-order valence-corrected chi connectivity index (χ0v) is 10.3. The van der Waals surface area contributed by atoms with Gasteiger partial charge in [0.1, 0.15) is 22.8 Å². The second kappa shape index (κ2) is 4.35. The fraction of sp³-hybridized carbons (Fsp3) is 0.143. The molecular weight excluding hydrogens is 245 g/mol. The first kappa shape index (κ1) is 11.6. The molecule has 0 bridgehead atoms. The molecule has 0 atom stereocenters. The summed E-state index contributed by atoms with van der Waals surface area (Å²) in [7, 11) is 0. The summed E-state index contributed by atoms with van der Waals surface area (Å²) in [4.78, 5) is 4.10. The van der Waals surface area contributed by atoms with Crippen molar-refractivity contribution in [2.45, 2.75) is 13.5 Å². The van der Waals surface area contributed by atoms with Crippen molar-refractivity contribution >= 4 is 11.0 Å². The van der Waals surface area contributed by atoms with E-state index in [9.17, 15) is 9.50 Å². The number of para-hydroxylation sites is 1. The molecule has 19 heavy (non-hydrogen) atoms. The largest absolute Gasteiger partial charge is 0.507 e. The van der Waals surface area contributed by atoms with Crippen LogP contribution in [0, 0.1) is 5.82 Å². The predicted octanol–water partition coefficient (Wildman–Crippen LogP) is 2.96. The van der Waals surface area contributed by atoms with Crippen molar-refractivity contribution in [3.05, 3.63) is 42.3 Å². The number of aryl methyl sites for hydroxylation is 1. The van der Waals surface area contributed by atoms with Crippen molar-refractivity contribution in [3.63, 3.8) is 0 Å². The summed E-state index contributed by atoms with van der Waals surface area (Å²) in [6, 6.07) is 8.32. The Balaban J connectivity index is 2.34. The molecule has 0 radical (unpaired) electrons. The van der Waals surface area contributed by atoms with Crippen molar-refractivity contribution in [1.29, 1.82) is 0 Å². The van der Waals surface area contributed by atoms with Gasteiger partial charge in [0.2, 0.25) is 0 Å². The number of hydrogen-bond acceptors (Lipinski definition) is 3. The normalized spacial score (nSPS) is 11.1. The van der Waals surface area contributed by atoms with Gasteiger partial charge in [-0.3, -0.25) is 4.68 Å². The Labute approximate surface area is 109 Å². The molecule has 2 aromatic heterocycles. The van der Waals surface area contributed by atoms with Crippen LogP contribution < -0.4 is 0 Å². The maximum absolute atomic E-state index is 13.3. The van der Waals surface area contributed by atoms with Crippen LogP contribution in [0.3, 0.4) is 0 Å². The number of phenolic OH excluding ortho intramolecular Hbond substituents is 1. The topological polar surface area (TPSA) is 50.9 Å². The second-order valence-electron chi connectivity index (χ2n) is 4.20. The lowest BCUT2D eigenvalue weighted by atomic mass is 10.1. The minimum atomic E-state index is -0.397. The molecule has 0 saturated carbocycles. The van der Waals surface area contributed by atoms with Crippen LogP contribution in [0.1, 0.15) is 6.92 Å². The zero-order chi connectivity index (χ0) is 13.4. The smallest absolute Gasteiger partial charge is 0.143 e. The highest BCUT2D eigenvalue weighted by Gasteiger charge is 2.16. The van der Waals surface area contributed by atoms with Crippen molar-refractivity contribution in [1.82, 2.24) is 14.8 Å². The van der Waals surface area contributed by atoms with E-state index in [-0.39, 0.29) is 5.75 Å². The maximum Gasteiger partial charge on any atom is 0.143 e. The molecule has 3 aromatic rings. The van der Waals surface area contributed by atoms with Gasteiger partial charge in [0.05, 0.1) is 11.7 Å². The van der Waals surface area contributed by atoms with Crippen LogP contribution in [0.2, 0.25) is 0 Å². The van der Waals surface area contributed by atoms with Crippen molar-refractivity contribution in [2.75, 3.05) is 0 Å². The highest BCUT2D eigenvalue weighted by Crippen LogP contribution is 2.32. The summed E-state index contributed by atoms with van der Waals surface area (Å²) in [5, 5.41) is 14.3. The Kier molecular flexibility index (Phi) is 2.67. The summed E-state index contributed by atoms with van der Waals surface area (Å²) in [5.41, 5.74) is 2.37. The van der Waals surface area contributed by atoms with Crippen LogP contribution in [-0.2, 0) is 6.54 Å². The van der Waals surface area contributed by atoms with Gasteiger partial charge in [-0.05, 0) is 19.1 Å². The van der Waals surface area contributed by atoms with Gasteiger partial charge in [-0.1, -0.05) is 12.1 Å². The zero-order valence-electron chi connectivity index (χ0n) is 10.3. The first-order chi connectivity index (χ1) is 9.20. The lowest BCUT2D eigenvalue weighted by Crippen LogP contribution is -1.96. The van der Waals surface area contributed by atoms with Crippen molar-refractivity contribution in [3.8, 4) is 17.0 Å². The van der Waals surface area contributed by atoms with E-state index in [1.807, 2.05) is 13.0 Å².